The van der Waals surface area contributed by atoms with E-state index in [-0.39, 0.29) is 17.5 Å². The number of aryl methyl sites for hydroxylation is 1. The molecule has 2 nitrogen and oxygen atoms in total. The molecule has 1 aliphatic carbocycles. The molecule has 0 N–H and O–H groups in total. The van der Waals surface area contributed by atoms with Crippen molar-refractivity contribution in [3.8, 4) is 5.75 Å². The highest BCUT2D eigenvalue weighted by atomic mass is 19.1. The van der Waals surface area contributed by atoms with Gasteiger partial charge in [-0.25, -0.2) is 4.39 Å². The van der Waals surface area contributed by atoms with Gasteiger partial charge in [-0.15, -0.1) is 0 Å². The lowest BCUT2D eigenvalue weighted by Crippen LogP contribution is -2.06. The summed E-state index contributed by atoms with van der Waals surface area (Å²) in [5.74, 6) is -0.0927. The molecule has 3 heteroatoms. The molecule has 2 aromatic rings. The Morgan fingerprint density at radius 3 is 2.70 bits per heavy atom. The predicted molar refractivity (Wildman–Crippen MR) is 74.7 cm³/mol. The summed E-state index contributed by atoms with van der Waals surface area (Å²) in [6, 6.07) is 11.8. The van der Waals surface area contributed by atoms with Gasteiger partial charge in [0.25, 0.3) is 0 Å². The van der Waals surface area contributed by atoms with Crippen molar-refractivity contribution in [2.45, 2.75) is 25.9 Å². The van der Waals surface area contributed by atoms with Crippen LogP contribution < -0.4 is 4.74 Å². The summed E-state index contributed by atoms with van der Waals surface area (Å²) < 4.78 is 19.7. The quantitative estimate of drug-likeness (QED) is 0.787. The van der Waals surface area contributed by atoms with Crippen LogP contribution in [0.5, 0.6) is 5.75 Å². The zero-order valence-electron chi connectivity index (χ0n) is 11.2. The van der Waals surface area contributed by atoms with E-state index in [1.807, 2.05) is 6.07 Å². The van der Waals surface area contributed by atoms with Gasteiger partial charge < -0.3 is 4.74 Å². The van der Waals surface area contributed by atoms with Gasteiger partial charge in [0.1, 0.15) is 11.6 Å². The Balaban J connectivity index is 1.91. The van der Waals surface area contributed by atoms with Gasteiger partial charge in [-0.2, -0.15) is 0 Å². The highest BCUT2D eigenvalue weighted by Gasteiger charge is 2.24. The molecular weight excluding hydrogens is 255 g/mol. The lowest BCUT2D eigenvalue weighted by Gasteiger charge is -2.08. The molecule has 0 amide bonds. The third-order valence-corrected chi connectivity index (χ3v) is 3.36. The van der Waals surface area contributed by atoms with E-state index in [4.69, 9.17) is 4.74 Å². The van der Waals surface area contributed by atoms with Gasteiger partial charge in [0.2, 0.25) is 0 Å². The molecular formula is C17H15FO2. The van der Waals surface area contributed by atoms with Crippen molar-refractivity contribution in [3.63, 3.8) is 0 Å². The van der Waals surface area contributed by atoms with Crippen LogP contribution in [0, 0.1) is 12.7 Å². The Bertz CT molecular complexity index is 660. The van der Waals surface area contributed by atoms with Gasteiger partial charge in [0.15, 0.2) is 5.78 Å². The summed E-state index contributed by atoms with van der Waals surface area (Å²) in [7, 11) is 0. The monoisotopic (exact) mass is 270 g/mol. The van der Waals surface area contributed by atoms with Gasteiger partial charge in [-0.1, -0.05) is 24.3 Å². The second-order valence-electron chi connectivity index (χ2n) is 5.11. The smallest absolute Gasteiger partial charge is 0.196 e. The summed E-state index contributed by atoms with van der Waals surface area (Å²) >= 11 is 0. The lowest BCUT2D eigenvalue weighted by molar-refractivity contribution is 0.103. The van der Waals surface area contributed by atoms with Crippen LogP contribution in [0.1, 0.15) is 34.3 Å². The first kappa shape index (κ1) is 12.9. The Morgan fingerprint density at radius 2 is 1.95 bits per heavy atom. The predicted octanol–water partition coefficient (Wildman–Crippen LogP) is 3.91. The third kappa shape index (κ3) is 2.57. The van der Waals surface area contributed by atoms with Crippen molar-refractivity contribution >= 4 is 5.78 Å². The number of rotatable bonds is 4. The van der Waals surface area contributed by atoms with Crippen molar-refractivity contribution in [1.82, 2.24) is 0 Å². The number of carbonyl (C=O) groups is 1. The summed E-state index contributed by atoms with van der Waals surface area (Å²) in [5, 5.41) is 0. The molecule has 0 unspecified atom stereocenters. The van der Waals surface area contributed by atoms with Crippen molar-refractivity contribution in [1.29, 1.82) is 0 Å². The fourth-order valence-corrected chi connectivity index (χ4v) is 2.07. The molecule has 0 heterocycles. The van der Waals surface area contributed by atoms with Crippen LogP contribution in [0.3, 0.4) is 0 Å². The molecule has 3 rings (SSSR count). The van der Waals surface area contributed by atoms with Gasteiger partial charge in [-0.3, -0.25) is 4.79 Å². The molecule has 0 radical (unpaired) electrons. The zero-order chi connectivity index (χ0) is 14.1. The van der Waals surface area contributed by atoms with Gasteiger partial charge in [-0.05, 0) is 43.5 Å². The minimum Gasteiger partial charge on any atom is -0.490 e. The maximum absolute atomic E-state index is 14.0. The molecule has 0 saturated heterocycles. The Labute approximate surface area is 117 Å². The molecule has 1 saturated carbocycles. The Hall–Kier alpha value is -2.16. The van der Waals surface area contributed by atoms with Gasteiger partial charge in [0.05, 0.1) is 11.7 Å². The fourth-order valence-electron chi connectivity index (χ4n) is 2.07. The van der Waals surface area contributed by atoms with Crippen molar-refractivity contribution in [3.05, 3.63) is 65.0 Å². The second kappa shape index (κ2) is 5.08. The van der Waals surface area contributed by atoms with Crippen LogP contribution in [0.15, 0.2) is 42.5 Å². The second-order valence-corrected chi connectivity index (χ2v) is 5.11. The average Bonchev–Trinajstić information content (AvgIpc) is 3.25. The minimum atomic E-state index is -0.453. The highest BCUT2D eigenvalue weighted by molar-refractivity contribution is 6.09. The number of carbonyl (C=O) groups excluding carboxylic acids is 1. The largest absolute Gasteiger partial charge is 0.490 e. The first-order valence-corrected chi connectivity index (χ1v) is 6.71. The number of ketones is 1. The van der Waals surface area contributed by atoms with E-state index >= 15 is 0 Å². The number of ether oxygens (including phenoxy) is 1. The van der Waals surface area contributed by atoms with Gasteiger partial charge in [0, 0.05) is 5.56 Å². The molecule has 0 spiro atoms. The summed E-state index contributed by atoms with van der Waals surface area (Å²) in [5.41, 5.74) is 1.03. The highest BCUT2D eigenvalue weighted by Crippen LogP contribution is 2.27. The van der Waals surface area contributed by atoms with E-state index in [0.29, 0.717) is 16.9 Å². The van der Waals surface area contributed by atoms with Crippen LogP contribution in [0.4, 0.5) is 4.39 Å². The maximum atomic E-state index is 14.0. The molecule has 1 fully saturated rings. The molecule has 0 aliphatic heterocycles. The number of halogens is 1. The molecule has 0 atom stereocenters. The van der Waals surface area contributed by atoms with Crippen molar-refractivity contribution < 1.29 is 13.9 Å². The molecule has 20 heavy (non-hydrogen) atoms. The molecule has 0 bridgehead atoms. The first-order valence-electron chi connectivity index (χ1n) is 6.71. The summed E-state index contributed by atoms with van der Waals surface area (Å²) in [6.45, 7) is 1.65. The van der Waals surface area contributed by atoms with E-state index in [2.05, 4.69) is 0 Å². The topological polar surface area (TPSA) is 26.3 Å². The van der Waals surface area contributed by atoms with E-state index in [1.54, 1.807) is 37.3 Å². The van der Waals surface area contributed by atoms with Crippen molar-refractivity contribution in [2.75, 3.05) is 0 Å². The zero-order valence-corrected chi connectivity index (χ0v) is 11.2. The van der Waals surface area contributed by atoms with E-state index in [1.165, 1.54) is 6.07 Å². The SMILES string of the molecule is Cc1cccc(C(=O)c2cccc(OC3CC3)c2)c1F. The average molecular weight is 270 g/mol. The van der Waals surface area contributed by atoms with Gasteiger partial charge >= 0.3 is 0 Å². The Kier molecular flexibility index (Phi) is 3.26. The van der Waals surface area contributed by atoms with E-state index in [9.17, 15) is 9.18 Å². The van der Waals surface area contributed by atoms with Crippen LogP contribution in [-0.4, -0.2) is 11.9 Å². The fraction of sp³-hybridized carbons (Fsp3) is 0.235. The first-order chi connectivity index (χ1) is 9.65. The molecule has 0 aromatic heterocycles. The third-order valence-electron chi connectivity index (χ3n) is 3.36. The van der Waals surface area contributed by atoms with Crippen molar-refractivity contribution in [2.24, 2.45) is 0 Å². The van der Waals surface area contributed by atoms with E-state index in [0.717, 1.165) is 12.8 Å². The standard InChI is InChI=1S/C17H15FO2/c1-11-4-2-7-15(16(11)18)17(19)12-5-3-6-14(10-12)20-13-8-9-13/h2-7,10,13H,8-9H2,1H3. The minimum absolute atomic E-state index is 0.105. The normalized spacial score (nSPS) is 14.1. The van der Waals surface area contributed by atoms with Crippen LogP contribution in [0.25, 0.3) is 0 Å². The number of benzene rings is 2. The van der Waals surface area contributed by atoms with E-state index < -0.39 is 5.82 Å². The van der Waals surface area contributed by atoms with Crippen LogP contribution in [-0.2, 0) is 0 Å². The van der Waals surface area contributed by atoms with Crippen LogP contribution >= 0.6 is 0 Å². The molecule has 102 valence electrons. The summed E-state index contributed by atoms with van der Waals surface area (Å²) in [6.07, 6.45) is 2.39. The maximum Gasteiger partial charge on any atom is 0.196 e. The molecule has 2 aromatic carbocycles. The van der Waals surface area contributed by atoms with Crippen LogP contribution in [0.2, 0.25) is 0 Å². The summed E-state index contributed by atoms with van der Waals surface area (Å²) in [4.78, 5) is 12.4. The number of hydrogen-bond donors (Lipinski definition) is 0. The number of hydrogen-bond acceptors (Lipinski definition) is 2. The lowest BCUT2D eigenvalue weighted by atomic mass is 10.0. The molecule has 1 aliphatic rings. The Morgan fingerprint density at radius 1 is 1.20 bits per heavy atom.